The van der Waals surface area contributed by atoms with Gasteiger partial charge in [0.25, 0.3) is 0 Å². The van der Waals surface area contributed by atoms with Gasteiger partial charge in [-0.2, -0.15) is 0 Å². The topological polar surface area (TPSA) is 63.1 Å². The Labute approximate surface area is 169 Å². The summed E-state index contributed by atoms with van der Waals surface area (Å²) in [4.78, 5) is 14.6. The molecule has 2 aromatic rings. The number of halogens is 1. The number of carbonyl (C=O) groups excluding carboxylic acids is 1. The van der Waals surface area contributed by atoms with Crippen LogP contribution in [0.25, 0.3) is 5.69 Å². The molecular formula is C20H28FN5OS. The van der Waals surface area contributed by atoms with Crippen LogP contribution in [0.4, 0.5) is 4.39 Å². The number of aromatic nitrogens is 3. The second-order valence-corrected chi connectivity index (χ2v) is 9.08. The van der Waals surface area contributed by atoms with E-state index in [1.165, 1.54) is 43.2 Å². The van der Waals surface area contributed by atoms with Crippen molar-refractivity contribution in [2.75, 3.05) is 18.8 Å². The van der Waals surface area contributed by atoms with Crippen LogP contribution in [0.5, 0.6) is 0 Å². The number of benzene rings is 1. The van der Waals surface area contributed by atoms with Gasteiger partial charge in [-0.1, -0.05) is 18.2 Å². The Bertz CT molecular complexity index is 794. The van der Waals surface area contributed by atoms with Crippen molar-refractivity contribution >= 4 is 17.7 Å². The van der Waals surface area contributed by atoms with Crippen molar-refractivity contribution in [2.45, 2.75) is 57.3 Å². The number of piperidine rings is 1. The molecule has 1 aliphatic heterocycles. The fourth-order valence-corrected chi connectivity index (χ4v) is 4.02. The van der Waals surface area contributed by atoms with Crippen molar-refractivity contribution in [3.63, 3.8) is 0 Å². The number of hydrogen-bond donors (Lipinski definition) is 1. The molecule has 1 aliphatic rings. The van der Waals surface area contributed by atoms with Gasteiger partial charge in [-0.3, -0.25) is 14.3 Å². The maximum atomic E-state index is 13.4. The maximum absolute atomic E-state index is 13.4. The Morgan fingerprint density at radius 2 is 1.82 bits per heavy atom. The molecule has 0 saturated carbocycles. The van der Waals surface area contributed by atoms with Crippen LogP contribution in [0.1, 0.15) is 45.9 Å². The third kappa shape index (κ3) is 5.78. The van der Waals surface area contributed by atoms with E-state index in [2.05, 4.69) is 20.4 Å². The number of nitrogens with zero attached hydrogens (tertiary/aromatic N) is 4. The Hall–Kier alpha value is -1.93. The first-order chi connectivity index (χ1) is 13.3. The van der Waals surface area contributed by atoms with Gasteiger partial charge in [-0.25, -0.2) is 4.39 Å². The molecule has 2 heterocycles. The summed E-state index contributed by atoms with van der Waals surface area (Å²) in [6.07, 6.45) is 3.66. The lowest BCUT2D eigenvalue weighted by molar-refractivity contribution is -0.119. The van der Waals surface area contributed by atoms with Crippen LogP contribution in [0.3, 0.4) is 0 Å². The average Bonchev–Trinajstić information content (AvgIpc) is 3.03. The molecule has 1 fully saturated rings. The van der Waals surface area contributed by atoms with E-state index >= 15 is 0 Å². The lowest BCUT2D eigenvalue weighted by Crippen LogP contribution is -2.41. The summed E-state index contributed by atoms with van der Waals surface area (Å²) < 4.78 is 15.3. The number of rotatable bonds is 6. The van der Waals surface area contributed by atoms with E-state index in [0.29, 0.717) is 11.7 Å². The number of amides is 1. The van der Waals surface area contributed by atoms with Crippen LogP contribution in [0, 0.1) is 5.82 Å². The Morgan fingerprint density at radius 1 is 1.14 bits per heavy atom. The van der Waals surface area contributed by atoms with Crippen LogP contribution in [0.15, 0.2) is 29.4 Å². The summed E-state index contributed by atoms with van der Waals surface area (Å²) in [5.74, 6) is 0.726. The van der Waals surface area contributed by atoms with Gasteiger partial charge in [-0.15, -0.1) is 10.2 Å². The zero-order chi connectivity index (χ0) is 20.1. The molecule has 8 heteroatoms. The quantitative estimate of drug-likeness (QED) is 0.747. The second-order valence-electron chi connectivity index (χ2n) is 8.13. The fourth-order valence-electron chi connectivity index (χ4n) is 3.25. The minimum absolute atomic E-state index is 0.0521. The van der Waals surface area contributed by atoms with E-state index in [4.69, 9.17) is 0 Å². The number of thioether (sulfide) groups is 1. The molecule has 0 bridgehead atoms. The number of likely N-dealkylation sites (tertiary alicyclic amines) is 1. The minimum Gasteiger partial charge on any atom is -0.351 e. The molecule has 1 N–H and O–H groups in total. The van der Waals surface area contributed by atoms with Crippen LogP contribution in [-0.4, -0.2) is 50.0 Å². The van der Waals surface area contributed by atoms with Crippen LogP contribution < -0.4 is 5.32 Å². The highest BCUT2D eigenvalue weighted by atomic mass is 32.2. The SMILES string of the molecule is CC(C)(C)NC(=O)CSc1nnc(CN2CCCCC2)n1-c1ccc(F)cc1. The molecule has 0 radical (unpaired) electrons. The van der Waals surface area contributed by atoms with Gasteiger partial charge in [0, 0.05) is 11.2 Å². The molecule has 1 aromatic heterocycles. The summed E-state index contributed by atoms with van der Waals surface area (Å²) in [6.45, 7) is 8.65. The summed E-state index contributed by atoms with van der Waals surface area (Å²) in [5.41, 5.74) is 0.527. The fraction of sp³-hybridized carbons (Fsp3) is 0.550. The van der Waals surface area contributed by atoms with Gasteiger partial charge in [0.1, 0.15) is 5.82 Å². The standard InChI is InChI=1S/C20H28FN5OS/c1-20(2,3)22-18(27)14-28-19-24-23-17(13-25-11-5-4-6-12-25)26(19)16-9-7-15(21)8-10-16/h7-10H,4-6,11-14H2,1-3H3,(H,22,27). The highest BCUT2D eigenvalue weighted by molar-refractivity contribution is 7.99. The van der Waals surface area contributed by atoms with Gasteiger partial charge in [0.05, 0.1) is 12.3 Å². The Kier molecular flexibility index (Phi) is 6.72. The lowest BCUT2D eigenvalue weighted by atomic mass is 10.1. The molecule has 0 spiro atoms. The molecule has 0 atom stereocenters. The molecular weight excluding hydrogens is 377 g/mol. The van der Waals surface area contributed by atoms with Gasteiger partial charge in [0.2, 0.25) is 5.91 Å². The van der Waals surface area contributed by atoms with Crippen LogP contribution >= 0.6 is 11.8 Å². The highest BCUT2D eigenvalue weighted by Gasteiger charge is 2.20. The molecule has 3 rings (SSSR count). The Morgan fingerprint density at radius 3 is 2.46 bits per heavy atom. The van der Waals surface area contributed by atoms with E-state index in [-0.39, 0.29) is 23.0 Å². The van der Waals surface area contributed by atoms with Crippen molar-refractivity contribution in [3.05, 3.63) is 35.9 Å². The van der Waals surface area contributed by atoms with Gasteiger partial charge in [0.15, 0.2) is 11.0 Å². The van der Waals surface area contributed by atoms with E-state index in [1.54, 1.807) is 12.1 Å². The predicted molar refractivity (Wildman–Crippen MR) is 109 cm³/mol. The monoisotopic (exact) mass is 405 g/mol. The van der Waals surface area contributed by atoms with Crippen LogP contribution in [0.2, 0.25) is 0 Å². The maximum Gasteiger partial charge on any atom is 0.230 e. The van der Waals surface area contributed by atoms with E-state index in [0.717, 1.165) is 24.6 Å². The van der Waals surface area contributed by atoms with E-state index in [9.17, 15) is 9.18 Å². The number of carbonyl (C=O) groups is 1. The van der Waals surface area contributed by atoms with Crippen molar-refractivity contribution in [2.24, 2.45) is 0 Å². The second kappa shape index (κ2) is 9.05. The van der Waals surface area contributed by atoms with E-state index < -0.39 is 0 Å². The zero-order valence-corrected chi connectivity index (χ0v) is 17.6. The summed E-state index contributed by atoms with van der Waals surface area (Å²) in [7, 11) is 0. The van der Waals surface area contributed by atoms with Gasteiger partial charge in [-0.05, 0) is 71.0 Å². The average molecular weight is 406 g/mol. The van der Waals surface area contributed by atoms with E-state index in [1.807, 2.05) is 25.3 Å². The molecule has 1 amide bonds. The first-order valence-electron chi connectivity index (χ1n) is 9.68. The third-order valence-corrected chi connectivity index (χ3v) is 5.37. The molecule has 1 saturated heterocycles. The third-order valence-electron chi connectivity index (χ3n) is 4.45. The van der Waals surface area contributed by atoms with Crippen molar-refractivity contribution in [1.82, 2.24) is 25.0 Å². The number of hydrogen-bond acceptors (Lipinski definition) is 5. The predicted octanol–water partition coefficient (Wildman–Crippen LogP) is 3.40. The molecule has 0 aliphatic carbocycles. The molecule has 1 aromatic carbocycles. The summed E-state index contributed by atoms with van der Waals surface area (Å²) in [6, 6.07) is 6.30. The minimum atomic E-state index is -0.284. The van der Waals surface area contributed by atoms with Gasteiger partial charge < -0.3 is 5.32 Å². The van der Waals surface area contributed by atoms with Crippen molar-refractivity contribution in [1.29, 1.82) is 0 Å². The molecule has 6 nitrogen and oxygen atoms in total. The molecule has 28 heavy (non-hydrogen) atoms. The normalized spacial score (nSPS) is 15.6. The van der Waals surface area contributed by atoms with Crippen LogP contribution in [-0.2, 0) is 11.3 Å². The first kappa shape index (κ1) is 20.8. The summed E-state index contributed by atoms with van der Waals surface area (Å²) >= 11 is 1.34. The summed E-state index contributed by atoms with van der Waals surface area (Å²) in [5, 5.41) is 12.3. The van der Waals surface area contributed by atoms with Crippen molar-refractivity contribution in [3.8, 4) is 5.69 Å². The number of nitrogens with one attached hydrogen (secondary N) is 1. The lowest BCUT2D eigenvalue weighted by Gasteiger charge is -2.26. The molecule has 0 unspecified atom stereocenters. The Balaban J connectivity index is 1.80. The van der Waals surface area contributed by atoms with Crippen molar-refractivity contribution < 1.29 is 9.18 Å². The largest absolute Gasteiger partial charge is 0.351 e. The van der Waals surface area contributed by atoms with Gasteiger partial charge >= 0.3 is 0 Å². The molecule has 152 valence electrons. The zero-order valence-electron chi connectivity index (χ0n) is 16.7. The first-order valence-corrected chi connectivity index (χ1v) is 10.7. The highest BCUT2D eigenvalue weighted by Crippen LogP contribution is 2.24. The smallest absolute Gasteiger partial charge is 0.230 e.